The zero-order chi connectivity index (χ0) is 16.9. The minimum Gasteiger partial charge on any atom is -0.341 e. The predicted molar refractivity (Wildman–Crippen MR) is 93.5 cm³/mol. The summed E-state index contributed by atoms with van der Waals surface area (Å²) in [5, 5.41) is 3.28. The van der Waals surface area contributed by atoms with Crippen LogP contribution < -0.4 is 5.32 Å². The molecule has 2 aliphatic heterocycles. The second-order valence-electron chi connectivity index (χ2n) is 6.80. The molecule has 5 heteroatoms. The summed E-state index contributed by atoms with van der Waals surface area (Å²) >= 11 is 0. The third-order valence-corrected chi connectivity index (χ3v) is 5.27. The average Bonchev–Trinajstić information content (AvgIpc) is 3.12. The molecule has 2 fully saturated rings. The highest BCUT2D eigenvalue weighted by atomic mass is 16.2. The highest BCUT2D eigenvalue weighted by molar-refractivity contribution is 5.89. The van der Waals surface area contributed by atoms with Gasteiger partial charge in [0.25, 0.3) is 0 Å². The van der Waals surface area contributed by atoms with Crippen LogP contribution in [-0.2, 0) is 16.0 Å². The van der Waals surface area contributed by atoms with Gasteiger partial charge in [-0.15, -0.1) is 0 Å². The number of carbonyl (C=O) groups is 2. The normalized spacial score (nSPS) is 22.0. The number of hydrogen-bond donors (Lipinski definition) is 1. The summed E-state index contributed by atoms with van der Waals surface area (Å²) in [6.07, 6.45) is 4.08. The van der Waals surface area contributed by atoms with Crippen molar-refractivity contribution in [1.29, 1.82) is 0 Å². The van der Waals surface area contributed by atoms with Crippen LogP contribution in [-0.4, -0.2) is 60.4 Å². The largest absolute Gasteiger partial charge is 0.341 e. The molecule has 3 rings (SSSR count). The van der Waals surface area contributed by atoms with Gasteiger partial charge in [0.15, 0.2) is 0 Å². The Morgan fingerprint density at radius 2 is 1.79 bits per heavy atom. The lowest BCUT2D eigenvalue weighted by atomic mass is 10.0. The average molecular weight is 329 g/mol. The number of nitrogens with zero attached hydrogens (tertiary/aromatic N) is 2. The fourth-order valence-electron chi connectivity index (χ4n) is 3.79. The van der Waals surface area contributed by atoms with E-state index in [1.54, 1.807) is 4.90 Å². The Balaban J connectivity index is 1.60. The molecular weight excluding hydrogens is 302 g/mol. The first kappa shape index (κ1) is 17.0. The van der Waals surface area contributed by atoms with Gasteiger partial charge in [0, 0.05) is 25.7 Å². The highest BCUT2D eigenvalue weighted by Crippen LogP contribution is 2.22. The monoisotopic (exact) mass is 329 g/mol. The number of carbonyl (C=O) groups excluding carboxylic acids is 2. The first-order valence-corrected chi connectivity index (χ1v) is 8.98. The van der Waals surface area contributed by atoms with Crippen molar-refractivity contribution in [2.75, 3.05) is 26.7 Å². The van der Waals surface area contributed by atoms with E-state index < -0.39 is 0 Å². The van der Waals surface area contributed by atoms with Gasteiger partial charge in [-0.2, -0.15) is 0 Å². The van der Waals surface area contributed by atoms with Crippen molar-refractivity contribution >= 4 is 11.8 Å². The number of benzene rings is 1. The van der Waals surface area contributed by atoms with Crippen molar-refractivity contribution in [2.24, 2.45) is 0 Å². The van der Waals surface area contributed by atoms with Gasteiger partial charge in [0.2, 0.25) is 11.8 Å². The van der Waals surface area contributed by atoms with E-state index in [0.717, 1.165) is 44.3 Å². The zero-order valence-electron chi connectivity index (χ0n) is 14.4. The first-order chi connectivity index (χ1) is 11.7. The summed E-state index contributed by atoms with van der Waals surface area (Å²) in [6, 6.07) is 10.0. The molecule has 5 nitrogen and oxygen atoms in total. The van der Waals surface area contributed by atoms with E-state index in [2.05, 4.69) is 5.32 Å². The highest BCUT2D eigenvalue weighted by Gasteiger charge is 2.37. The van der Waals surface area contributed by atoms with Crippen LogP contribution in [0.25, 0.3) is 0 Å². The molecule has 2 aliphatic rings. The molecule has 24 heavy (non-hydrogen) atoms. The maximum absolute atomic E-state index is 12.9. The van der Waals surface area contributed by atoms with Crippen molar-refractivity contribution in [3.8, 4) is 0 Å². The van der Waals surface area contributed by atoms with E-state index in [1.165, 1.54) is 0 Å². The molecule has 0 bridgehead atoms. The number of piperidine rings is 1. The van der Waals surface area contributed by atoms with E-state index >= 15 is 0 Å². The van der Waals surface area contributed by atoms with E-state index in [1.807, 2.05) is 42.3 Å². The summed E-state index contributed by atoms with van der Waals surface area (Å²) < 4.78 is 0. The second kappa shape index (κ2) is 7.79. The minimum absolute atomic E-state index is 0.0714. The molecule has 0 aromatic heterocycles. The zero-order valence-corrected chi connectivity index (χ0v) is 14.4. The van der Waals surface area contributed by atoms with Gasteiger partial charge in [-0.05, 0) is 38.3 Å². The molecule has 0 radical (unpaired) electrons. The summed E-state index contributed by atoms with van der Waals surface area (Å²) in [5.74, 6) is 0.214. The van der Waals surface area contributed by atoms with Crippen LogP contribution in [0, 0.1) is 0 Å². The minimum atomic E-state index is -0.257. The smallest absolute Gasteiger partial charge is 0.245 e. The predicted octanol–water partition coefficient (Wildman–Crippen LogP) is 1.43. The Kier molecular flexibility index (Phi) is 5.51. The van der Waals surface area contributed by atoms with Crippen LogP contribution in [0.5, 0.6) is 0 Å². The number of likely N-dealkylation sites (tertiary alicyclic amines) is 2. The lowest BCUT2D eigenvalue weighted by Gasteiger charge is -2.35. The Labute approximate surface area is 144 Å². The molecule has 0 spiro atoms. The van der Waals surface area contributed by atoms with E-state index in [-0.39, 0.29) is 17.9 Å². The van der Waals surface area contributed by atoms with Crippen molar-refractivity contribution < 1.29 is 9.59 Å². The molecule has 1 aromatic carbocycles. The van der Waals surface area contributed by atoms with Gasteiger partial charge in [-0.25, -0.2) is 0 Å². The van der Waals surface area contributed by atoms with Crippen molar-refractivity contribution in [1.82, 2.24) is 15.1 Å². The Morgan fingerprint density at radius 3 is 2.46 bits per heavy atom. The van der Waals surface area contributed by atoms with Gasteiger partial charge in [0.1, 0.15) is 6.04 Å². The lowest BCUT2D eigenvalue weighted by Crippen LogP contribution is -2.51. The number of hydrogen-bond acceptors (Lipinski definition) is 3. The number of rotatable bonds is 4. The Hall–Kier alpha value is -1.88. The van der Waals surface area contributed by atoms with Crippen LogP contribution >= 0.6 is 0 Å². The van der Waals surface area contributed by atoms with Crippen LogP contribution in [0.2, 0.25) is 0 Å². The molecule has 2 amide bonds. The van der Waals surface area contributed by atoms with Crippen molar-refractivity contribution in [2.45, 2.75) is 44.2 Å². The van der Waals surface area contributed by atoms with E-state index in [9.17, 15) is 9.59 Å². The summed E-state index contributed by atoms with van der Waals surface area (Å²) in [5.41, 5.74) is 1.01. The van der Waals surface area contributed by atoms with Crippen LogP contribution in [0.3, 0.4) is 0 Å². The van der Waals surface area contributed by atoms with Gasteiger partial charge >= 0.3 is 0 Å². The summed E-state index contributed by atoms with van der Waals surface area (Å²) in [6.45, 7) is 2.29. The molecule has 1 atom stereocenters. The van der Waals surface area contributed by atoms with Crippen LogP contribution in [0.1, 0.15) is 31.2 Å². The molecular formula is C19H27N3O2. The van der Waals surface area contributed by atoms with Gasteiger partial charge in [-0.1, -0.05) is 30.3 Å². The molecule has 1 N–H and O–H groups in total. The Morgan fingerprint density at radius 1 is 1.08 bits per heavy atom. The van der Waals surface area contributed by atoms with Crippen molar-refractivity contribution in [3.05, 3.63) is 35.9 Å². The van der Waals surface area contributed by atoms with Crippen LogP contribution in [0.4, 0.5) is 0 Å². The van der Waals surface area contributed by atoms with Gasteiger partial charge in [-0.3, -0.25) is 9.59 Å². The molecule has 0 saturated carbocycles. The maximum Gasteiger partial charge on any atom is 0.245 e. The molecule has 130 valence electrons. The van der Waals surface area contributed by atoms with Gasteiger partial charge in [0.05, 0.1) is 6.42 Å². The topological polar surface area (TPSA) is 52.7 Å². The quantitative estimate of drug-likeness (QED) is 0.909. The molecule has 1 unspecified atom stereocenters. The molecule has 1 aromatic rings. The summed E-state index contributed by atoms with van der Waals surface area (Å²) in [4.78, 5) is 29.3. The third kappa shape index (κ3) is 3.78. The molecule has 2 heterocycles. The SMILES string of the molecule is CNC1CCN(C(=O)C2CCCN2C(=O)Cc2ccccc2)CC1. The van der Waals surface area contributed by atoms with Crippen molar-refractivity contribution in [3.63, 3.8) is 0 Å². The molecule has 0 aliphatic carbocycles. The third-order valence-electron chi connectivity index (χ3n) is 5.27. The fourth-order valence-corrected chi connectivity index (χ4v) is 3.79. The number of amides is 2. The summed E-state index contributed by atoms with van der Waals surface area (Å²) in [7, 11) is 1.98. The fraction of sp³-hybridized carbons (Fsp3) is 0.579. The maximum atomic E-state index is 12.9. The van der Waals surface area contributed by atoms with E-state index in [4.69, 9.17) is 0 Å². The molecule has 2 saturated heterocycles. The Bertz CT molecular complexity index is 567. The lowest BCUT2D eigenvalue weighted by molar-refractivity contribution is -0.144. The van der Waals surface area contributed by atoms with Crippen LogP contribution in [0.15, 0.2) is 30.3 Å². The van der Waals surface area contributed by atoms with E-state index in [0.29, 0.717) is 19.0 Å². The standard InChI is InChI=1S/C19H27N3O2/c1-20-16-9-12-21(13-10-16)19(24)17-8-5-11-22(17)18(23)14-15-6-3-2-4-7-15/h2-4,6-7,16-17,20H,5,8-14H2,1H3. The van der Waals surface area contributed by atoms with Gasteiger partial charge < -0.3 is 15.1 Å². The number of nitrogens with one attached hydrogen (secondary N) is 1. The second-order valence-corrected chi connectivity index (χ2v) is 6.80. The first-order valence-electron chi connectivity index (χ1n) is 8.98.